The summed E-state index contributed by atoms with van der Waals surface area (Å²) in [6, 6.07) is 24.2. The first kappa shape index (κ1) is 31.5. The van der Waals surface area contributed by atoms with Gasteiger partial charge in [-0.15, -0.1) is 0 Å². The van der Waals surface area contributed by atoms with Crippen molar-refractivity contribution in [2.24, 2.45) is 4.99 Å². The number of thioether (sulfide) groups is 1. The van der Waals surface area contributed by atoms with Crippen LogP contribution in [0.3, 0.4) is 0 Å². The summed E-state index contributed by atoms with van der Waals surface area (Å²) in [4.78, 5) is 46.0. The number of nitrogens with one attached hydrogen (secondary N) is 1. The average molecular weight is 657 g/mol. The predicted octanol–water partition coefficient (Wildman–Crippen LogP) is 6.85. The molecule has 1 aliphatic rings. The lowest BCUT2D eigenvalue weighted by molar-refractivity contribution is -0.126. The molecule has 0 unspecified atom stereocenters. The number of rotatable bonds is 10. The van der Waals surface area contributed by atoms with Crippen molar-refractivity contribution < 1.29 is 19.1 Å². The number of aliphatic imine (C=N–C) groups is 1. The van der Waals surface area contributed by atoms with E-state index in [9.17, 15) is 14.4 Å². The number of amidine groups is 1. The summed E-state index contributed by atoms with van der Waals surface area (Å²) in [6.07, 6.45) is 8.14. The number of amides is 3. The maximum Gasteiger partial charge on any atom is 0.285 e. The van der Waals surface area contributed by atoms with Crippen molar-refractivity contribution >= 4 is 56.7 Å². The van der Waals surface area contributed by atoms with Crippen molar-refractivity contribution in [2.75, 3.05) is 12.9 Å². The van der Waals surface area contributed by atoms with Crippen molar-refractivity contribution in [1.29, 1.82) is 0 Å². The van der Waals surface area contributed by atoms with Gasteiger partial charge in [0, 0.05) is 15.7 Å². The van der Waals surface area contributed by atoms with E-state index in [2.05, 4.69) is 32.8 Å². The molecular weight excluding hydrogens is 626 g/mol. The highest BCUT2D eigenvalue weighted by Gasteiger charge is 2.35. The zero-order valence-corrected chi connectivity index (χ0v) is 26.1. The van der Waals surface area contributed by atoms with Crippen molar-refractivity contribution in [3.8, 4) is 5.75 Å². The van der Waals surface area contributed by atoms with E-state index < -0.39 is 11.8 Å². The highest BCUT2D eigenvalue weighted by molar-refractivity contribution is 9.10. The SMILES string of the molecule is C=C/C=C\C(=C/C)N1C(=O)/C(=C/c2cc(Br)ccc2OC)C(=O)N=C1SCC(=O)NC(c1ccccc1)c1ccccc1. The van der Waals surface area contributed by atoms with Gasteiger partial charge in [-0.3, -0.25) is 19.3 Å². The summed E-state index contributed by atoms with van der Waals surface area (Å²) in [5.74, 6) is -1.15. The molecule has 3 aromatic rings. The second-order valence-corrected chi connectivity index (χ2v) is 11.1. The standard InChI is InChI=1S/C34H30BrN3O4S/c1-4-6-17-27(5-2)38-33(41)28(21-25-20-26(35)18-19-29(25)42-3)32(40)37-34(38)43-22-30(39)36-31(23-13-9-7-10-14-23)24-15-11-8-12-16-24/h4-21,31H,1,22H2,2-3H3,(H,36,39)/b17-6-,27-5+,28-21+. The van der Waals surface area contributed by atoms with E-state index in [4.69, 9.17) is 4.74 Å². The lowest BCUT2D eigenvalue weighted by atomic mass is 9.99. The topological polar surface area (TPSA) is 88.1 Å². The number of methoxy groups -OCH3 is 1. The van der Waals surface area contributed by atoms with Crippen LogP contribution in [0.1, 0.15) is 29.7 Å². The fourth-order valence-corrected chi connectivity index (χ4v) is 5.55. The van der Waals surface area contributed by atoms with Gasteiger partial charge in [0.2, 0.25) is 5.91 Å². The smallest absolute Gasteiger partial charge is 0.285 e. The summed E-state index contributed by atoms with van der Waals surface area (Å²) in [6.45, 7) is 5.48. The first-order chi connectivity index (χ1) is 20.9. The first-order valence-electron chi connectivity index (χ1n) is 13.4. The van der Waals surface area contributed by atoms with Crippen LogP contribution in [0.5, 0.6) is 5.75 Å². The van der Waals surface area contributed by atoms with Crippen LogP contribution in [-0.2, 0) is 14.4 Å². The highest BCUT2D eigenvalue weighted by atomic mass is 79.9. The Kier molecular flexibility index (Phi) is 11.1. The minimum absolute atomic E-state index is 0.0767. The van der Waals surface area contributed by atoms with E-state index in [1.807, 2.05) is 60.7 Å². The largest absolute Gasteiger partial charge is 0.496 e. The third-order valence-electron chi connectivity index (χ3n) is 6.40. The Bertz CT molecular complexity index is 1590. The van der Waals surface area contributed by atoms with Gasteiger partial charge in [0.1, 0.15) is 11.3 Å². The molecule has 1 N–H and O–H groups in total. The summed E-state index contributed by atoms with van der Waals surface area (Å²) in [5.41, 5.74) is 2.73. The summed E-state index contributed by atoms with van der Waals surface area (Å²) in [7, 11) is 1.51. The van der Waals surface area contributed by atoms with Crippen LogP contribution in [0, 0.1) is 0 Å². The minimum Gasteiger partial charge on any atom is -0.496 e. The quantitative estimate of drug-likeness (QED) is 0.147. The molecule has 0 atom stereocenters. The van der Waals surface area contributed by atoms with E-state index >= 15 is 0 Å². The van der Waals surface area contributed by atoms with Crippen LogP contribution in [0.15, 0.2) is 130 Å². The number of hydrogen-bond acceptors (Lipinski definition) is 5. The number of carbonyl (C=O) groups is 3. The molecule has 3 amide bonds. The molecule has 9 heteroatoms. The van der Waals surface area contributed by atoms with Gasteiger partial charge in [0.05, 0.1) is 18.9 Å². The maximum atomic E-state index is 13.9. The molecular formula is C34H30BrN3O4S. The van der Waals surface area contributed by atoms with E-state index in [1.54, 1.807) is 49.4 Å². The van der Waals surface area contributed by atoms with Gasteiger partial charge in [-0.05, 0) is 48.4 Å². The van der Waals surface area contributed by atoms with Gasteiger partial charge in [-0.2, -0.15) is 4.99 Å². The van der Waals surface area contributed by atoms with Crippen LogP contribution in [-0.4, -0.2) is 40.7 Å². The third-order valence-corrected chi connectivity index (χ3v) is 7.84. The van der Waals surface area contributed by atoms with Gasteiger partial charge < -0.3 is 10.1 Å². The van der Waals surface area contributed by atoms with E-state index in [-0.39, 0.29) is 28.4 Å². The van der Waals surface area contributed by atoms with E-state index in [1.165, 1.54) is 18.1 Å². The predicted molar refractivity (Wildman–Crippen MR) is 176 cm³/mol. The maximum absolute atomic E-state index is 13.9. The average Bonchev–Trinajstić information content (AvgIpc) is 3.03. The number of halogens is 1. The monoisotopic (exact) mass is 655 g/mol. The number of carbonyl (C=O) groups excluding carboxylic acids is 3. The molecule has 1 aliphatic heterocycles. The normalized spacial score (nSPS) is 14.8. The molecule has 0 radical (unpaired) electrons. The Balaban J connectivity index is 1.64. The highest BCUT2D eigenvalue weighted by Crippen LogP contribution is 2.30. The summed E-state index contributed by atoms with van der Waals surface area (Å²) < 4.78 is 6.18. The van der Waals surface area contributed by atoms with Crippen molar-refractivity contribution in [1.82, 2.24) is 10.2 Å². The molecule has 0 aromatic heterocycles. The molecule has 43 heavy (non-hydrogen) atoms. The van der Waals surface area contributed by atoms with Gasteiger partial charge in [0.25, 0.3) is 11.8 Å². The Morgan fingerprint density at radius 2 is 1.72 bits per heavy atom. The fraction of sp³-hybridized carbons (Fsp3) is 0.118. The van der Waals surface area contributed by atoms with Gasteiger partial charge in [-0.1, -0.05) is 113 Å². The first-order valence-corrected chi connectivity index (χ1v) is 15.1. The zero-order chi connectivity index (χ0) is 30.8. The second kappa shape index (κ2) is 15.1. The molecule has 1 heterocycles. The number of ether oxygens (including phenoxy) is 1. The molecule has 7 nitrogen and oxygen atoms in total. The van der Waals surface area contributed by atoms with Crippen molar-refractivity contribution in [3.63, 3.8) is 0 Å². The van der Waals surface area contributed by atoms with Crippen LogP contribution < -0.4 is 10.1 Å². The summed E-state index contributed by atoms with van der Waals surface area (Å²) in [5, 5.41) is 3.19. The lowest BCUT2D eigenvalue weighted by Crippen LogP contribution is -2.42. The van der Waals surface area contributed by atoms with Gasteiger partial charge in [0.15, 0.2) is 5.17 Å². The van der Waals surface area contributed by atoms with E-state index in [0.29, 0.717) is 17.0 Å². The molecule has 0 saturated heterocycles. The third kappa shape index (κ3) is 7.88. The fourth-order valence-electron chi connectivity index (χ4n) is 4.37. The van der Waals surface area contributed by atoms with Crippen molar-refractivity contribution in [3.05, 3.63) is 142 Å². The Hall–Kier alpha value is -4.47. The Morgan fingerprint density at radius 1 is 1.07 bits per heavy atom. The van der Waals surface area contributed by atoms with Crippen LogP contribution in [0.2, 0.25) is 0 Å². The number of allylic oxidation sites excluding steroid dienone is 4. The number of benzene rings is 3. The van der Waals surface area contributed by atoms with Crippen LogP contribution in [0.4, 0.5) is 0 Å². The molecule has 218 valence electrons. The zero-order valence-electron chi connectivity index (χ0n) is 23.7. The summed E-state index contributed by atoms with van der Waals surface area (Å²) >= 11 is 4.44. The number of nitrogens with zero attached hydrogens (tertiary/aromatic N) is 2. The molecule has 0 saturated carbocycles. The van der Waals surface area contributed by atoms with Gasteiger partial charge in [-0.25, -0.2) is 0 Å². The van der Waals surface area contributed by atoms with Gasteiger partial charge >= 0.3 is 0 Å². The van der Waals surface area contributed by atoms with Crippen LogP contribution in [0.25, 0.3) is 6.08 Å². The molecule has 0 bridgehead atoms. The molecule has 0 aliphatic carbocycles. The van der Waals surface area contributed by atoms with Crippen LogP contribution >= 0.6 is 27.7 Å². The second-order valence-electron chi connectivity index (χ2n) is 9.20. The minimum atomic E-state index is -0.708. The molecule has 0 spiro atoms. The van der Waals surface area contributed by atoms with E-state index in [0.717, 1.165) is 27.4 Å². The lowest BCUT2D eigenvalue weighted by Gasteiger charge is -2.28. The Morgan fingerprint density at radius 3 is 2.30 bits per heavy atom. The molecule has 3 aromatic carbocycles. The molecule has 0 fully saturated rings. The van der Waals surface area contributed by atoms with Crippen molar-refractivity contribution in [2.45, 2.75) is 13.0 Å². The molecule has 4 rings (SSSR count). The Labute approximate surface area is 263 Å². The number of hydrogen-bond donors (Lipinski definition) is 1.